The minimum atomic E-state index is -0.626. The molecule has 4 aromatic rings. The van der Waals surface area contributed by atoms with Crippen LogP contribution in [0.25, 0.3) is 10.9 Å². The number of halogens is 1. The summed E-state index contributed by atoms with van der Waals surface area (Å²) in [5, 5.41) is 14.4. The number of amides is 1. The molecule has 2 N–H and O–H groups in total. The van der Waals surface area contributed by atoms with Crippen LogP contribution in [0.15, 0.2) is 79.0 Å². The van der Waals surface area contributed by atoms with Gasteiger partial charge in [0.25, 0.3) is 5.91 Å². The lowest BCUT2D eigenvalue weighted by Crippen LogP contribution is -2.31. The summed E-state index contributed by atoms with van der Waals surface area (Å²) in [6, 6.07) is 21.1. The molecule has 7 heteroatoms. The molecule has 1 atom stereocenters. The van der Waals surface area contributed by atoms with E-state index in [9.17, 15) is 14.7 Å². The molecule has 1 amide bonds. The quantitative estimate of drug-likeness (QED) is 0.393. The SMILES string of the molecule is COC(=O)c1ccc([C@H](CO)NC(=O)c2cccc3ccn(Cc4ccc(Cl)cc4)c23)cc1. The zero-order valence-corrected chi connectivity index (χ0v) is 18.8. The van der Waals surface area contributed by atoms with Gasteiger partial charge in [0.15, 0.2) is 0 Å². The zero-order valence-electron chi connectivity index (χ0n) is 18.0. The van der Waals surface area contributed by atoms with E-state index in [0.717, 1.165) is 16.5 Å². The number of aliphatic hydroxyl groups excluding tert-OH is 1. The Labute approximate surface area is 196 Å². The Bertz CT molecular complexity index is 1280. The maximum absolute atomic E-state index is 13.2. The van der Waals surface area contributed by atoms with Crippen LogP contribution in [0, 0.1) is 0 Å². The van der Waals surface area contributed by atoms with E-state index in [1.807, 2.05) is 53.2 Å². The molecule has 0 aliphatic heterocycles. The second-order valence-corrected chi connectivity index (χ2v) is 8.07. The van der Waals surface area contributed by atoms with Gasteiger partial charge in [0.2, 0.25) is 0 Å². The normalized spacial score (nSPS) is 11.8. The fourth-order valence-electron chi connectivity index (χ4n) is 3.80. The van der Waals surface area contributed by atoms with Crippen LogP contribution in [-0.4, -0.2) is 35.3 Å². The molecule has 3 aromatic carbocycles. The molecule has 1 heterocycles. The molecule has 0 saturated heterocycles. The number of nitrogens with zero attached hydrogens (tertiary/aromatic N) is 1. The number of hydrogen-bond acceptors (Lipinski definition) is 4. The number of rotatable bonds is 7. The van der Waals surface area contributed by atoms with Gasteiger partial charge < -0.3 is 19.7 Å². The van der Waals surface area contributed by atoms with Crippen LogP contribution in [0.1, 0.15) is 37.9 Å². The molecule has 4 rings (SSSR count). The Morgan fingerprint density at radius 1 is 1.03 bits per heavy atom. The van der Waals surface area contributed by atoms with Crippen molar-refractivity contribution in [3.63, 3.8) is 0 Å². The van der Waals surface area contributed by atoms with Crippen molar-refractivity contribution in [2.24, 2.45) is 0 Å². The number of aromatic nitrogens is 1. The number of benzene rings is 3. The molecule has 0 radical (unpaired) electrons. The molecule has 0 aliphatic rings. The van der Waals surface area contributed by atoms with Gasteiger partial charge in [-0.15, -0.1) is 0 Å². The Hall–Kier alpha value is -3.61. The monoisotopic (exact) mass is 462 g/mol. The third kappa shape index (κ3) is 4.92. The molecule has 0 saturated carbocycles. The minimum Gasteiger partial charge on any atom is -0.465 e. The highest BCUT2D eigenvalue weighted by molar-refractivity contribution is 6.30. The molecule has 0 spiro atoms. The smallest absolute Gasteiger partial charge is 0.337 e. The lowest BCUT2D eigenvalue weighted by molar-refractivity contribution is 0.0600. The van der Waals surface area contributed by atoms with E-state index in [4.69, 9.17) is 16.3 Å². The molecule has 33 heavy (non-hydrogen) atoms. The number of carbonyl (C=O) groups excluding carboxylic acids is 2. The van der Waals surface area contributed by atoms with E-state index in [1.165, 1.54) is 7.11 Å². The molecule has 0 bridgehead atoms. The summed E-state index contributed by atoms with van der Waals surface area (Å²) in [6.07, 6.45) is 1.95. The van der Waals surface area contributed by atoms with Crippen LogP contribution < -0.4 is 5.32 Å². The van der Waals surface area contributed by atoms with Crippen LogP contribution in [-0.2, 0) is 11.3 Å². The Morgan fingerprint density at radius 3 is 2.42 bits per heavy atom. The number of para-hydroxylation sites is 1. The van der Waals surface area contributed by atoms with Crippen molar-refractivity contribution in [1.82, 2.24) is 9.88 Å². The topological polar surface area (TPSA) is 80.6 Å². The van der Waals surface area contributed by atoms with Gasteiger partial charge in [-0.2, -0.15) is 0 Å². The van der Waals surface area contributed by atoms with Crippen molar-refractivity contribution in [3.8, 4) is 0 Å². The number of fused-ring (bicyclic) bond motifs is 1. The van der Waals surface area contributed by atoms with Gasteiger partial charge in [-0.25, -0.2) is 4.79 Å². The fraction of sp³-hybridized carbons (Fsp3) is 0.154. The number of carbonyl (C=O) groups is 2. The molecule has 1 aromatic heterocycles. The largest absolute Gasteiger partial charge is 0.465 e. The van der Waals surface area contributed by atoms with Gasteiger partial charge in [0.05, 0.1) is 36.4 Å². The van der Waals surface area contributed by atoms with Crippen molar-refractivity contribution in [1.29, 1.82) is 0 Å². The zero-order chi connectivity index (χ0) is 23.4. The van der Waals surface area contributed by atoms with Crippen molar-refractivity contribution < 1.29 is 19.4 Å². The average molecular weight is 463 g/mol. The first kappa shape index (κ1) is 22.6. The fourth-order valence-corrected chi connectivity index (χ4v) is 3.93. The Kier molecular flexibility index (Phi) is 6.77. The number of ether oxygens (including phenoxy) is 1. The summed E-state index contributed by atoms with van der Waals surface area (Å²) in [6.45, 7) is 0.300. The molecular formula is C26H23ClN2O4. The summed E-state index contributed by atoms with van der Waals surface area (Å²) >= 11 is 6.00. The van der Waals surface area contributed by atoms with Gasteiger partial charge in [-0.3, -0.25) is 4.79 Å². The second-order valence-electron chi connectivity index (χ2n) is 7.64. The predicted molar refractivity (Wildman–Crippen MR) is 128 cm³/mol. The first-order chi connectivity index (χ1) is 16.0. The van der Waals surface area contributed by atoms with Crippen LogP contribution in [0.5, 0.6) is 0 Å². The third-order valence-corrected chi connectivity index (χ3v) is 5.77. The van der Waals surface area contributed by atoms with Gasteiger partial charge >= 0.3 is 5.97 Å². The van der Waals surface area contributed by atoms with E-state index in [0.29, 0.717) is 28.3 Å². The minimum absolute atomic E-state index is 0.287. The van der Waals surface area contributed by atoms with Crippen LogP contribution in [0.3, 0.4) is 0 Å². The average Bonchev–Trinajstić information content (AvgIpc) is 3.26. The molecular weight excluding hydrogens is 440 g/mol. The highest BCUT2D eigenvalue weighted by Crippen LogP contribution is 2.23. The van der Waals surface area contributed by atoms with Gasteiger partial charge in [0.1, 0.15) is 0 Å². The Morgan fingerprint density at radius 2 is 1.76 bits per heavy atom. The van der Waals surface area contributed by atoms with Crippen LogP contribution >= 0.6 is 11.6 Å². The van der Waals surface area contributed by atoms with Crippen LogP contribution in [0.4, 0.5) is 0 Å². The van der Waals surface area contributed by atoms with Gasteiger partial charge in [-0.1, -0.05) is 48.0 Å². The number of nitrogens with one attached hydrogen (secondary N) is 1. The third-order valence-electron chi connectivity index (χ3n) is 5.52. The predicted octanol–water partition coefficient (Wildman–Crippen LogP) is 4.59. The van der Waals surface area contributed by atoms with Crippen molar-refractivity contribution in [2.45, 2.75) is 12.6 Å². The first-order valence-corrected chi connectivity index (χ1v) is 10.8. The van der Waals surface area contributed by atoms with Gasteiger partial charge in [-0.05, 0) is 47.5 Å². The van der Waals surface area contributed by atoms with E-state index in [2.05, 4.69) is 5.32 Å². The number of hydrogen-bond donors (Lipinski definition) is 2. The Balaban J connectivity index is 1.60. The lowest BCUT2D eigenvalue weighted by Gasteiger charge is -2.18. The number of esters is 1. The van der Waals surface area contributed by atoms with E-state index >= 15 is 0 Å². The summed E-state index contributed by atoms with van der Waals surface area (Å²) < 4.78 is 6.73. The van der Waals surface area contributed by atoms with E-state index < -0.39 is 12.0 Å². The first-order valence-electron chi connectivity index (χ1n) is 10.4. The van der Waals surface area contributed by atoms with E-state index in [-0.39, 0.29) is 12.5 Å². The molecule has 168 valence electrons. The number of aliphatic hydroxyl groups is 1. The molecule has 0 fully saturated rings. The van der Waals surface area contributed by atoms with Crippen molar-refractivity contribution >= 4 is 34.4 Å². The highest BCUT2D eigenvalue weighted by atomic mass is 35.5. The molecule has 0 aliphatic carbocycles. The van der Waals surface area contributed by atoms with E-state index in [1.54, 1.807) is 30.3 Å². The van der Waals surface area contributed by atoms with Crippen LogP contribution in [0.2, 0.25) is 5.02 Å². The standard InChI is InChI=1S/C26H23ClN2O4/c1-33-26(32)20-9-7-18(8-10-20)23(16-30)28-25(31)22-4-2-3-19-13-14-29(24(19)22)15-17-5-11-21(27)12-6-17/h2-14,23,30H,15-16H2,1H3,(H,28,31)/t23-/m0/s1. The highest BCUT2D eigenvalue weighted by Gasteiger charge is 2.19. The summed E-state index contributed by atoms with van der Waals surface area (Å²) in [5.41, 5.74) is 3.46. The van der Waals surface area contributed by atoms with Gasteiger partial charge in [0, 0.05) is 23.2 Å². The molecule has 6 nitrogen and oxygen atoms in total. The second kappa shape index (κ2) is 9.90. The molecule has 0 unspecified atom stereocenters. The number of methoxy groups -OCH3 is 1. The van der Waals surface area contributed by atoms with Crippen molar-refractivity contribution in [2.75, 3.05) is 13.7 Å². The lowest BCUT2D eigenvalue weighted by atomic mass is 10.0. The summed E-state index contributed by atoms with van der Waals surface area (Å²) in [5.74, 6) is -0.744. The maximum Gasteiger partial charge on any atom is 0.337 e. The maximum atomic E-state index is 13.2. The summed E-state index contributed by atoms with van der Waals surface area (Å²) in [7, 11) is 1.32. The van der Waals surface area contributed by atoms with Crippen molar-refractivity contribution in [3.05, 3.63) is 106 Å². The summed E-state index contributed by atoms with van der Waals surface area (Å²) in [4.78, 5) is 24.9.